The van der Waals surface area contributed by atoms with Crippen molar-refractivity contribution in [3.63, 3.8) is 0 Å². The first-order valence-electron chi connectivity index (χ1n) is 7.90. The van der Waals surface area contributed by atoms with Gasteiger partial charge in [-0.05, 0) is 18.2 Å². The second-order valence-electron chi connectivity index (χ2n) is 5.73. The van der Waals surface area contributed by atoms with Crippen LogP contribution in [0.2, 0.25) is 0 Å². The number of thiazole rings is 1. The van der Waals surface area contributed by atoms with Crippen LogP contribution in [-0.2, 0) is 0 Å². The zero-order chi connectivity index (χ0) is 15.9. The van der Waals surface area contributed by atoms with Crippen LogP contribution >= 0.6 is 23.1 Å². The standard InChI is InChI=1S/C19H15N3S2/c1-2-6-13(7-3-1)18-16(10-14-11-20-12-23-14)22-15-8-4-5-9-17(15)24-19(22)21-18/h1-10,20H,11-12H2. The molecule has 0 atom stereocenters. The smallest absolute Gasteiger partial charge is 0.195 e. The topological polar surface area (TPSA) is 29.3 Å². The van der Waals surface area contributed by atoms with Crippen LogP contribution in [0.5, 0.6) is 0 Å². The number of nitrogens with one attached hydrogen (secondary N) is 1. The summed E-state index contributed by atoms with van der Waals surface area (Å²) < 4.78 is 3.57. The van der Waals surface area contributed by atoms with Crippen LogP contribution in [0.1, 0.15) is 5.69 Å². The maximum atomic E-state index is 4.97. The number of benzene rings is 2. The molecule has 0 amide bonds. The molecule has 5 heteroatoms. The molecular formula is C19H15N3S2. The van der Waals surface area contributed by atoms with Crippen LogP contribution in [0.4, 0.5) is 0 Å². The Morgan fingerprint density at radius 2 is 1.88 bits per heavy atom. The lowest BCUT2D eigenvalue weighted by Gasteiger charge is -2.03. The minimum absolute atomic E-state index is 0.939. The average molecular weight is 349 g/mol. The Morgan fingerprint density at radius 3 is 2.71 bits per heavy atom. The first-order valence-corrected chi connectivity index (χ1v) is 9.70. The van der Waals surface area contributed by atoms with Gasteiger partial charge in [-0.1, -0.05) is 53.8 Å². The number of aromatic nitrogens is 2. The normalized spacial score (nSPS) is 16.6. The Bertz CT molecular complexity index is 1050. The van der Waals surface area contributed by atoms with E-state index in [0.717, 1.165) is 23.1 Å². The van der Waals surface area contributed by atoms with Crippen LogP contribution in [0.15, 0.2) is 59.5 Å². The Balaban J connectivity index is 1.84. The van der Waals surface area contributed by atoms with Gasteiger partial charge in [0.2, 0.25) is 0 Å². The lowest BCUT2D eigenvalue weighted by atomic mass is 10.1. The predicted octanol–water partition coefficient (Wildman–Crippen LogP) is 4.85. The van der Waals surface area contributed by atoms with Crippen molar-refractivity contribution < 1.29 is 0 Å². The van der Waals surface area contributed by atoms with Gasteiger partial charge in [-0.15, -0.1) is 11.8 Å². The zero-order valence-corrected chi connectivity index (χ0v) is 14.5. The molecule has 4 aromatic rings. The molecule has 1 saturated heterocycles. The third-order valence-corrected chi connectivity index (χ3v) is 6.20. The quantitative estimate of drug-likeness (QED) is 0.561. The summed E-state index contributed by atoms with van der Waals surface area (Å²) in [4.78, 5) is 7.39. The number of rotatable bonds is 2. The van der Waals surface area contributed by atoms with E-state index in [1.165, 1.54) is 26.4 Å². The minimum Gasteiger partial charge on any atom is -0.303 e. The van der Waals surface area contributed by atoms with Crippen molar-refractivity contribution in [1.29, 1.82) is 0 Å². The lowest BCUT2D eigenvalue weighted by Crippen LogP contribution is -2.04. The van der Waals surface area contributed by atoms with E-state index >= 15 is 0 Å². The van der Waals surface area contributed by atoms with E-state index in [1.54, 1.807) is 11.3 Å². The van der Waals surface area contributed by atoms with Gasteiger partial charge < -0.3 is 5.32 Å². The van der Waals surface area contributed by atoms with Crippen LogP contribution < -0.4 is 5.32 Å². The monoisotopic (exact) mass is 349 g/mol. The number of para-hydroxylation sites is 1. The molecule has 1 aliphatic heterocycles. The zero-order valence-electron chi connectivity index (χ0n) is 12.9. The van der Waals surface area contributed by atoms with E-state index in [-0.39, 0.29) is 0 Å². The fraction of sp³-hybridized carbons (Fsp3) is 0.105. The van der Waals surface area contributed by atoms with Crippen molar-refractivity contribution in [1.82, 2.24) is 14.7 Å². The summed E-state index contributed by atoms with van der Waals surface area (Å²) in [6, 6.07) is 19.0. The molecule has 0 spiro atoms. The maximum absolute atomic E-state index is 4.97. The van der Waals surface area contributed by atoms with Gasteiger partial charge in [-0.2, -0.15) is 0 Å². The van der Waals surface area contributed by atoms with Crippen molar-refractivity contribution in [3.05, 3.63) is 65.2 Å². The second-order valence-corrected chi connectivity index (χ2v) is 7.84. The third-order valence-electron chi connectivity index (χ3n) is 4.19. The molecular weight excluding hydrogens is 334 g/mol. The highest BCUT2D eigenvalue weighted by molar-refractivity contribution is 8.03. The van der Waals surface area contributed by atoms with Crippen LogP contribution in [0, 0.1) is 0 Å². The summed E-state index contributed by atoms with van der Waals surface area (Å²) >= 11 is 3.62. The van der Waals surface area contributed by atoms with E-state index in [0.29, 0.717) is 0 Å². The van der Waals surface area contributed by atoms with Crippen molar-refractivity contribution in [2.75, 3.05) is 12.4 Å². The summed E-state index contributed by atoms with van der Waals surface area (Å²) in [7, 11) is 0. The van der Waals surface area contributed by atoms with Gasteiger partial charge >= 0.3 is 0 Å². The number of hydrogen-bond acceptors (Lipinski definition) is 4. The highest BCUT2D eigenvalue weighted by Crippen LogP contribution is 2.35. The summed E-state index contributed by atoms with van der Waals surface area (Å²) in [5.41, 5.74) is 4.64. The molecule has 0 radical (unpaired) electrons. The van der Waals surface area contributed by atoms with Crippen molar-refractivity contribution >= 4 is 44.4 Å². The van der Waals surface area contributed by atoms with Crippen LogP contribution in [0.3, 0.4) is 0 Å². The summed E-state index contributed by atoms with van der Waals surface area (Å²) in [6.45, 7) is 0.939. The van der Waals surface area contributed by atoms with Crippen LogP contribution in [0.25, 0.3) is 32.5 Å². The summed E-state index contributed by atoms with van der Waals surface area (Å²) in [5, 5.41) is 3.39. The van der Waals surface area contributed by atoms with Gasteiger partial charge in [0.05, 0.1) is 21.6 Å². The fourth-order valence-electron chi connectivity index (χ4n) is 3.10. The highest BCUT2D eigenvalue weighted by atomic mass is 32.2. The van der Waals surface area contributed by atoms with Gasteiger partial charge in [-0.3, -0.25) is 4.40 Å². The molecule has 24 heavy (non-hydrogen) atoms. The molecule has 0 saturated carbocycles. The Kier molecular flexibility index (Phi) is 3.43. The first-order chi connectivity index (χ1) is 11.9. The third kappa shape index (κ3) is 2.28. The molecule has 118 valence electrons. The van der Waals surface area contributed by atoms with Gasteiger partial charge in [0.1, 0.15) is 0 Å². The highest BCUT2D eigenvalue weighted by Gasteiger charge is 2.18. The average Bonchev–Trinajstić information content (AvgIpc) is 3.32. The predicted molar refractivity (Wildman–Crippen MR) is 104 cm³/mol. The second kappa shape index (κ2) is 5.77. The number of fused-ring (bicyclic) bond motifs is 3. The van der Waals surface area contributed by atoms with Crippen molar-refractivity contribution in [2.24, 2.45) is 0 Å². The van der Waals surface area contributed by atoms with E-state index in [1.807, 2.05) is 17.8 Å². The van der Waals surface area contributed by atoms with Gasteiger partial charge in [-0.25, -0.2) is 4.98 Å². The van der Waals surface area contributed by atoms with E-state index in [2.05, 4.69) is 64.3 Å². The summed E-state index contributed by atoms with van der Waals surface area (Å²) in [5.74, 6) is 0.985. The van der Waals surface area contributed by atoms with E-state index in [9.17, 15) is 0 Å². The van der Waals surface area contributed by atoms with E-state index < -0.39 is 0 Å². The lowest BCUT2D eigenvalue weighted by molar-refractivity contribution is 0.916. The minimum atomic E-state index is 0.939. The molecule has 2 aromatic heterocycles. The molecule has 0 unspecified atom stereocenters. The SMILES string of the molecule is C(=C1CNCS1)c1c(-c2ccccc2)nc2sc3ccccc3n12. The Hall–Kier alpha value is -2.08. The maximum Gasteiger partial charge on any atom is 0.195 e. The molecule has 5 rings (SSSR count). The molecule has 0 aliphatic carbocycles. The molecule has 1 fully saturated rings. The summed E-state index contributed by atoms with van der Waals surface area (Å²) in [6.07, 6.45) is 2.30. The van der Waals surface area contributed by atoms with E-state index in [4.69, 9.17) is 4.98 Å². The molecule has 0 bridgehead atoms. The largest absolute Gasteiger partial charge is 0.303 e. The number of thioether (sulfide) groups is 1. The number of imidazole rings is 1. The molecule has 1 aliphatic rings. The van der Waals surface area contributed by atoms with Gasteiger partial charge in [0, 0.05) is 22.9 Å². The molecule has 2 aromatic carbocycles. The van der Waals surface area contributed by atoms with Crippen LogP contribution in [-0.4, -0.2) is 21.8 Å². The molecule has 3 nitrogen and oxygen atoms in total. The number of hydrogen-bond donors (Lipinski definition) is 1. The first kappa shape index (κ1) is 14.3. The van der Waals surface area contributed by atoms with Gasteiger partial charge in [0.15, 0.2) is 4.96 Å². The molecule has 1 N–H and O–H groups in total. The van der Waals surface area contributed by atoms with Gasteiger partial charge in [0.25, 0.3) is 0 Å². The molecule has 3 heterocycles. The van der Waals surface area contributed by atoms with Crippen molar-refractivity contribution in [3.8, 4) is 11.3 Å². The Labute approximate surface area is 148 Å². The number of nitrogens with zero attached hydrogens (tertiary/aromatic N) is 2. The van der Waals surface area contributed by atoms with Crippen molar-refractivity contribution in [2.45, 2.75) is 0 Å². The fourth-order valence-corrected chi connectivity index (χ4v) is 4.92. The Morgan fingerprint density at radius 1 is 1.04 bits per heavy atom.